The Kier molecular flexibility index (Phi) is 4.04. The van der Waals surface area contributed by atoms with Gasteiger partial charge < -0.3 is 15.4 Å². The molecule has 3 heteroatoms. The zero-order valence-corrected chi connectivity index (χ0v) is 12.5. The Hall–Kier alpha value is -1.22. The van der Waals surface area contributed by atoms with Crippen LogP contribution >= 0.6 is 0 Å². The minimum absolute atomic E-state index is 0.142. The number of anilines is 1. The number of rotatable bonds is 3. The molecule has 1 heterocycles. The zero-order valence-electron chi connectivity index (χ0n) is 12.5. The number of piperidine rings is 1. The highest BCUT2D eigenvalue weighted by Gasteiger charge is 2.34. The molecule has 106 valence electrons. The summed E-state index contributed by atoms with van der Waals surface area (Å²) in [5, 5.41) is 0. The van der Waals surface area contributed by atoms with E-state index < -0.39 is 0 Å². The standard InChI is InChI=1S/C16H26N2O/c1-12(2)19-14-8-6-5-7-13(14)18-10-9-15(17)16(3,4)11-18/h5-8,12,15H,9-11,17H2,1-4H3. The Morgan fingerprint density at radius 1 is 1.32 bits per heavy atom. The number of ether oxygens (including phenoxy) is 1. The van der Waals surface area contributed by atoms with Gasteiger partial charge in [0.25, 0.3) is 0 Å². The molecule has 0 aliphatic carbocycles. The van der Waals surface area contributed by atoms with E-state index in [1.54, 1.807) is 0 Å². The van der Waals surface area contributed by atoms with E-state index in [-0.39, 0.29) is 17.6 Å². The van der Waals surface area contributed by atoms with Gasteiger partial charge in [0.1, 0.15) is 5.75 Å². The van der Waals surface area contributed by atoms with Crippen molar-refractivity contribution >= 4 is 5.69 Å². The Bertz CT molecular complexity index is 429. The maximum atomic E-state index is 6.21. The number of nitrogens with two attached hydrogens (primary N) is 1. The maximum Gasteiger partial charge on any atom is 0.142 e. The molecule has 1 aliphatic rings. The molecule has 0 saturated carbocycles. The van der Waals surface area contributed by atoms with Crippen LogP contribution in [0.5, 0.6) is 5.75 Å². The van der Waals surface area contributed by atoms with Crippen molar-refractivity contribution in [3.8, 4) is 5.75 Å². The largest absolute Gasteiger partial charge is 0.489 e. The fourth-order valence-corrected chi connectivity index (χ4v) is 2.65. The second-order valence-electron chi connectivity index (χ2n) is 6.44. The summed E-state index contributed by atoms with van der Waals surface area (Å²) in [7, 11) is 0. The van der Waals surface area contributed by atoms with Gasteiger partial charge in [-0.1, -0.05) is 26.0 Å². The summed E-state index contributed by atoms with van der Waals surface area (Å²) >= 11 is 0. The number of hydrogen-bond donors (Lipinski definition) is 1. The summed E-state index contributed by atoms with van der Waals surface area (Å²) in [4.78, 5) is 2.40. The number of benzene rings is 1. The molecular formula is C16H26N2O. The van der Waals surface area contributed by atoms with Crippen molar-refractivity contribution in [1.82, 2.24) is 0 Å². The molecule has 3 nitrogen and oxygen atoms in total. The second-order valence-corrected chi connectivity index (χ2v) is 6.44. The average Bonchev–Trinajstić information content (AvgIpc) is 2.33. The molecular weight excluding hydrogens is 236 g/mol. The van der Waals surface area contributed by atoms with Crippen molar-refractivity contribution in [3.05, 3.63) is 24.3 Å². The van der Waals surface area contributed by atoms with E-state index in [0.29, 0.717) is 0 Å². The van der Waals surface area contributed by atoms with Gasteiger partial charge in [-0.15, -0.1) is 0 Å². The summed E-state index contributed by atoms with van der Waals surface area (Å²) in [5.41, 5.74) is 7.55. The van der Waals surface area contributed by atoms with Crippen LogP contribution in [0.25, 0.3) is 0 Å². The molecule has 0 bridgehead atoms. The highest BCUT2D eigenvalue weighted by Crippen LogP contribution is 2.35. The lowest BCUT2D eigenvalue weighted by Gasteiger charge is -2.44. The van der Waals surface area contributed by atoms with Crippen LogP contribution in [0.15, 0.2) is 24.3 Å². The summed E-state index contributed by atoms with van der Waals surface area (Å²) in [6, 6.07) is 8.58. The van der Waals surface area contributed by atoms with Crippen molar-refractivity contribution in [3.63, 3.8) is 0 Å². The van der Waals surface area contributed by atoms with E-state index in [1.807, 2.05) is 6.07 Å². The van der Waals surface area contributed by atoms with Crippen molar-refractivity contribution in [2.45, 2.75) is 46.3 Å². The molecule has 1 aromatic rings. The number of para-hydroxylation sites is 2. The highest BCUT2D eigenvalue weighted by molar-refractivity contribution is 5.59. The van der Waals surface area contributed by atoms with Gasteiger partial charge in [0.15, 0.2) is 0 Å². The van der Waals surface area contributed by atoms with Gasteiger partial charge in [-0.05, 0) is 37.8 Å². The van der Waals surface area contributed by atoms with Gasteiger partial charge in [0, 0.05) is 19.1 Å². The lowest BCUT2D eigenvalue weighted by molar-refractivity contribution is 0.231. The lowest BCUT2D eigenvalue weighted by Crippen LogP contribution is -2.52. The van der Waals surface area contributed by atoms with Crippen LogP contribution < -0.4 is 15.4 Å². The van der Waals surface area contributed by atoms with Gasteiger partial charge in [-0.3, -0.25) is 0 Å². The first-order valence-electron chi connectivity index (χ1n) is 7.16. The molecule has 1 saturated heterocycles. The summed E-state index contributed by atoms with van der Waals surface area (Å²) in [6.07, 6.45) is 1.23. The molecule has 1 aliphatic heterocycles. The van der Waals surface area contributed by atoms with Crippen molar-refractivity contribution < 1.29 is 4.74 Å². The zero-order chi connectivity index (χ0) is 14.0. The first-order valence-corrected chi connectivity index (χ1v) is 7.16. The van der Waals surface area contributed by atoms with E-state index in [1.165, 1.54) is 5.69 Å². The number of nitrogens with zero attached hydrogens (tertiary/aromatic N) is 1. The van der Waals surface area contributed by atoms with Crippen molar-refractivity contribution in [2.75, 3.05) is 18.0 Å². The highest BCUT2D eigenvalue weighted by atomic mass is 16.5. The van der Waals surface area contributed by atoms with Crippen LogP contribution in [0.3, 0.4) is 0 Å². The summed E-state index contributed by atoms with van der Waals surface area (Å²) < 4.78 is 5.92. The Labute approximate surface area is 116 Å². The molecule has 0 amide bonds. The molecule has 2 N–H and O–H groups in total. The molecule has 1 aromatic carbocycles. The van der Waals surface area contributed by atoms with Crippen LogP contribution in [-0.2, 0) is 0 Å². The van der Waals surface area contributed by atoms with Crippen LogP contribution in [0.2, 0.25) is 0 Å². The van der Waals surface area contributed by atoms with Crippen LogP contribution in [0, 0.1) is 5.41 Å². The van der Waals surface area contributed by atoms with E-state index >= 15 is 0 Å². The van der Waals surface area contributed by atoms with Crippen molar-refractivity contribution in [2.24, 2.45) is 11.1 Å². The quantitative estimate of drug-likeness (QED) is 0.910. The molecule has 19 heavy (non-hydrogen) atoms. The third-order valence-electron chi connectivity index (χ3n) is 3.88. The van der Waals surface area contributed by atoms with E-state index in [9.17, 15) is 0 Å². The van der Waals surface area contributed by atoms with Gasteiger partial charge in [-0.25, -0.2) is 0 Å². The topological polar surface area (TPSA) is 38.5 Å². The lowest BCUT2D eigenvalue weighted by atomic mass is 9.79. The molecule has 0 radical (unpaired) electrons. The minimum atomic E-state index is 0.142. The molecule has 1 fully saturated rings. The van der Waals surface area contributed by atoms with Crippen LogP contribution in [0.4, 0.5) is 5.69 Å². The molecule has 1 unspecified atom stereocenters. The molecule has 0 aromatic heterocycles. The van der Waals surface area contributed by atoms with Gasteiger partial charge >= 0.3 is 0 Å². The van der Waals surface area contributed by atoms with Gasteiger partial charge in [0.05, 0.1) is 11.8 Å². The van der Waals surface area contributed by atoms with Gasteiger partial charge in [-0.2, -0.15) is 0 Å². The van der Waals surface area contributed by atoms with E-state index in [2.05, 4.69) is 50.8 Å². The van der Waals surface area contributed by atoms with E-state index in [0.717, 1.165) is 25.3 Å². The fraction of sp³-hybridized carbons (Fsp3) is 0.625. The Morgan fingerprint density at radius 3 is 2.63 bits per heavy atom. The Morgan fingerprint density at radius 2 is 2.00 bits per heavy atom. The summed E-state index contributed by atoms with van der Waals surface area (Å²) in [6.45, 7) is 10.6. The predicted octanol–water partition coefficient (Wildman–Crippen LogP) is 3.04. The fourth-order valence-electron chi connectivity index (χ4n) is 2.65. The third-order valence-corrected chi connectivity index (χ3v) is 3.88. The first-order chi connectivity index (χ1) is 8.90. The smallest absolute Gasteiger partial charge is 0.142 e. The third kappa shape index (κ3) is 3.21. The molecule has 1 atom stereocenters. The molecule has 2 rings (SSSR count). The molecule has 0 spiro atoms. The predicted molar refractivity (Wildman–Crippen MR) is 80.8 cm³/mol. The summed E-state index contributed by atoms with van der Waals surface area (Å²) in [5.74, 6) is 0.976. The van der Waals surface area contributed by atoms with Crippen LogP contribution in [-0.4, -0.2) is 25.2 Å². The first kappa shape index (κ1) is 14.2. The van der Waals surface area contributed by atoms with Crippen LogP contribution in [0.1, 0.15) is 34.1 Å². The number of hydrogen-bond acceptors (Lipinski definition) is 3. The maximum absolute atomic E-state index is 6.21. The van der Waals surface area contributed by atoms with Crippen molar-refractivity contribution in [1.29, 1.82) is 0 Å². The average molecular weight is 262 g/mol. The van der Waals surface area contributed by atoms with E-state index in [4.69, 9.17) is 10.5 Å². The van der Waals surface area contributed by atoms with Gasteiger partial charge in [0.2, 0.25) is 0 Å². The normalized spacial score (nSPS) is 22.6. The monoisotopic (exact) mass is 262 g/mol. The second kappa shape index (κ2) is 5.41. The Balaban J connectivity index is 2.22. The SMILES string of the molecule is CC(C)Oc1ccccc1N1CCC(N)C(C)(C)C1. The minimum Gasteiger partial charge on any atom is -0.489 e.